The highest BCUT2D eigenvalue weighted by Crippen LogP contribution is 2.24. The van der Waals surface area contributed by atoms with E-state index in [0.29, 0.717) is 12.3 Å². The smallest absolute Gasteiger partial charge is 0.197 e. The van der Waals surface area contributed by atoms with Crippen LogP contribution in [0, 0.1) is 0 Å². The Kier molecular flexibility index (Phi) is 3.07. The van der Waals surface area contributed by atoms with Gasteiger partial charge < -0.3 is 10.2 Å². The largest absolute Gasteiger partial charge is 0.439 e. The molecule has 1 aromatic carbocycles. The van der Waals surface area contributed by atoms with E-state index >= 15 is 0 Å². The van der Waals surface area contributed by atoms with E-state index in [-0.39, 0.29) is 6.04 Å². The average molecular weight is 269 g/mol. The van der Waals surface area contributed by atoms with E-state index in [1.165, 1.54) is 0 Å². The normalized spacial score (nSPS) is 13.3. The number of nitrogens with two attached hydrogens (primary N) is 1. The third kappa shape index (κ3) is 2.21. The number of aromatic nitrogens is 1. The average Bonchev–Trinajstić information content (AvgIpc) is 2.62. The predicted octanol–water partition coefficient (Wildman–Crippen LogP) is 2.87. The number of rotatable bonds is 3. The van der Waals surface area contributed by atoms with Crippen LogP contribution in [-0.2, 0) is 6.42 Å². The Hall–Kier alpha value is -0.870. The zero-order valence-electron chi connectivity index (χ0n) is 8.53. The molecule has 4 heteroatoms. The van der Waals surface area contributed by atoms with Crippen molar-refractivity contribution in [3.63, 3.8) is 0 Å². The number of para-hydroxylation sites is 1. The lowest BCUT2D eigenvalue weighted by Crippen LogP contribution is -2.21. The maximum Gasteiger partial charge on any atom is 0.197 e. The lowest BCUT2D eigenvalue weighted by Gasteiger charge is -2.03. The summed E-state index contributed by atoms with van der Waals surface area (Å²) in [5.74, 6) is 0.714. The molecule has 0 aliphatic heterocycles. The summed E-state index contributed by atoms with van der Waals surface area (Å²) in [6.07, 6.45) is 1.62. The van der Waals surface area contributed by atoms with Gasteiger partial charge in [-0.05, 0) is 34.5 Å². The zero-order chi connectivity index (χ0) is 10.8. The highest BCUT2D eigenvalue weighted by atomic mass is 79.9. The number of fused-ring (bicyclic) bond motifs is 1. The molecule has 3 nitrogen and oxygen atoms in total. The third-order valence-corrected chi connectivity index (χ3v) is 3.00. The first-order chi connectivity index (χ1) is 7.20. The summed E-state index contributed by atoms with van der Waals surface area (Å²) in [6, 6.07) is 5.94. The van der Waals surface area contributed by atoms with Gasteiger partial charge in [0.05, 0.1) is 4.47 Å². The Morgan fingerprint density at radius 3 is 3.00 bits per heavy atom. The number of hydrogen-bond acceptors (Lipinski definition) is 3. The number of benzene rings is 1. The molecule has 2 N–H and O–H groups in total. The van der Waals surface area contributed by atoms with Crippen molar-refractivity contribution in [3.8, 4) is 0 Å². The van der Waals surface area contributed by atoms with Crippen molar-refractivity contribution in [2.45, 2.75) is 25.8 Å². The van der Waals surface area contributed by atoms with Gasteiger partial charge in [0, 0.05) is 12.5 Å². The van der Waals surface area contributed by atoms with Crippen LogP contribution >= 0.6 is 15.9 Å². The van der Waals surface area contributed by atoms with Gasteiger partial charge in [0.2, 0.25) is 0 Å². The van der Waals surface area contributed by atoms with Crippen LogP contribution in [0.2, 0.25) is 0 Å². The molecule has 0 fully saturated rings. The van der Waals surface area contributed by atoms with Crippen LogP contribution in [-0.4, -0.2) is 11.0 Å². The topological polar surface area (TPSA) is 52.0 Å². The number of oxazole rings is 1. The summed E-state index contributed by atoms with van der Waals surface area (Å²) < 4.78 is 6.57. The summed E-state index contributed by atoms with van der Waals surface area (Å²) in [6.45, 7) is 2.06. The molecule has 1 unspecified atom stereocenters. The second-order valence-electron chi connectivity index (χ2n) is 3.57. The Morgan fingerprint density at radius 1 is 1.53 bits per heavy atom. The molecule has 0 radical (unpaired) electrons. The van der Waals surface area contributed by atoms with Gasteiger partial charge in [-0.25, -0.2) is 4.98 Å². The minimum Gasteiger partial charge on any atom is -0.439 e. The molecular formula is C11H13BrN2O. The summed E-state index contributed by atoms with van der Waals surface area (Å²) in [7, 11) is 0. The van der Waals surface area contributed by atoms with Gasteiger partial charge in [0.25, 0.3) is 0 Å². The monoisotopic (exact) mass is 268 g/mol. The van der Waals surface area contributed by atoms with E-state index in [2.05, 4.69) is 27.8 Å². The van der Waals surface area contributed by atoms with E-state index in [1.807, 2.05) is 18.2 Å². The van der Waals surface area contributed by atoms with Crippen molar-refractivity contribution in [1.29, 1.82) is 0 Å². The third-order valence-electron chi connectivity index (χ3n) is 2.37. The van der Waals surface area contributed by atoms with E-state index in [4.69, 9.17) is 10.2 Å². The van der Waals surface area contributed by atoms with E-state index in [1.54, 1.807) is 0 Å². The minimum absolute atomic E-state index is 0.122. The molecule has 0 spiro atoms. The molecule has 2 aromatic rings. The van der Waals surface area contributed by atoms with Crippen molar-refractivity contribution in [1.82, 2.24) is 4.98 Å². The van der Waals surface area contributed by atoms with E-state index in [0.717, 1.165) is 22.0 Å². The first-order valence-corrected chi connectivity index (χ1v) is 5.79. The molecule has 1 aromatic heterocycles. The Morgan fingerprint density at radius 2 is 2.33 bits per heavy atom. The van der Waals surface area contributed by atoms with Crippen molar-refractivity contribution in [2.75, 3.05) is 0 Å². The lowest BCUT2D eigenvalue weighted by atomic mass is 10.2. The van der Waals surface area contributed by atoms with Crippen LogP contribution in [0.5, 0.6) is 0 Å². The molecule has 0 amide bonds. The maximum absolute atomic E-state index is 5.85. The van der Waals surface area contributed by atoms with Crippen molar-refractivity contribution in [3.05, 3.63) is 28.6 Å². The number of nitrogens with zero attached hydrogens (tertiary/aromatic N) is 1. The second-order valence-corrected chi connectivity index (χ2v) is 4.42. The predicted molar refractivity (Wildman–Crippen MR) is 63.7 cm³/mol. The maximum atomic E-state index is 5.85. The first-order valence-electron chi connectivity index (χ1n) is 5.00. The van der Waals surface area contributed by atoms with Crippen molar-refractivity contribution >= 4 is 27.0 Å². The summed E-state index contributed by atoms with van der Waals surface area (Å²) in [4.78, 5) is 4.38. The van der Waals surface area contributed by atoms with Gasteiger partial charge >= 0.3 is 0 Å². The van der Waals surface area contributed by atoms with Crippen LogP contribution < -0.4 is 5.73 Å². The van der Waals surface area contributed by atoms with Crippen LogP contribution in [0.1, 0.15) is 19.2 Å². The van der Waals surface area contributed by atoms with E-state index < -0.39 is 0 Å². The molecule has 1 atom stereocenters. The molecule has 15 heavy (non-hydrogen) atoms. The van der Waals surface area contributed by atoms with Gasteiger partial charge in [-0.2, -0.15) is 0 Å². The molecule has 0 aliphatic carbocycles. The highest BCUT2D eigenvalue weighted by Gasteiger charge is 2.10. The number of halogens is 1. The van der Waals surface area contributed by atoms with Crippen LogP contribution in [0.3, 0.4) is 0 Å². The van der Waals surface area contributed by atoms with Crippen molar-refractivity contribution < 1.29 is 4.42 Å². The minimum atomic E-state index is 0.122. The number of hydrogen-bond donors (Lipinski definition) is 1. The van der Waals surface area contributed by atoms with Gasteiger partial charge in [0.15, 0.2) is 11.5 Å². The Balaban J connectivity index is 2.35. The molecule has 1 heterocycles. The van der Waals surface area contributed by atoms with Crippen LogP contribution in [0.25, 0.3) is 11.1 Å². The Labute approximate surface area is 96.8 Å². The molecule has 80 valence electrons. The summed E-state index contributed by atoms with van der Waals surface area (Å²) >= 11 is 3.43. The molecule has 0 bridgehead atoms. The van der Waals surface area contributed by atoms with Gasteiger partial charge in [0.1, 0.15) is 5.52 Å². The zero-order valence-corrected chi connectivity index (χ0v) is 10.1. The standard InChI is InChI=1S/C11H13BrN2O/c1-2-7(13)6-10-14-9-5-3-4-8(12)11(9)15-10/h3-5,7H,2,6,13H2,1H3. The molecule has 0 saturated heterocycles. The quantitative estimate of drug-likeness (QED) is 0.932. The molecule has 0 saturated carbocycles. The van der Waals surface area contributed by atoms with Gasteiger partial charge in [-0.1, -0.05) is 13.0 Å². The fourth-order valence-corrected chi connectivity index (χ4v) is 1.85. The highest BCUT2D eigenvalue weighted by molar-refractivity contribution is 9.10. The van der Waals surface area contributed by atoms with Gasteiger partial charge in [-0.3, -0.25) is 0 Å². The summed E-state index contributed by atoms with van der Waals surface area (Å²) in [5, 5.41) is 0. The fraction of sp³-hybridized carbons (Fsp3) is 0.364. The Bertz CT molecular complexity index is 467. The fourth-order valence-electron chi connectivity index (χ4n) is 1.42. The molecule has 2 rings (SSSR count). The second kappa shape index (κ2) is 4.33. The van der Waals surface area contributed by atoms with Crippen LogP contribution in [0.15, 0.2) is 27.1 Å². The van der Waals surface area contributed by atoms with Gasteiger partial charge in [-0.15, -0.1) is 0 Å². The SMILES string of the molecule is CCC(N)Cc1nc2cccc(Br)c2o1. The first kappa shape index (κ1) is 10.6. The van der Waals surface area contributed by atoms with Crippen molar-refractivity contribution in [2.24, 2.45) is 5.73 Å². The van der Waals surface area contributed by atoms with E-state index in [9.17, 15) is 0 Å². The van der Waals surface area contributed by atoms with Crippen LogP contribution in [0.4, 0.5) is 0 Å². The molecular weight excluding hydrogens is 256 g/mol. The summed E-state index contributed by atoms with van der Waals surface area (Å²) in [5.41, 5.74) is 7.53. The lowest BCUT2D eigenvalue weighted by molar-refractivity contribution is 0.490. The molecule has 0 aliphatic rings.